The predicted octanol–water partition coefficient (Wildman–Crippen LogP) is 6.26. The number of piperidine rings is 1. The molecule has 336 valence electrons. The number of benzene rings is 1. The van der Waals surface area contributed by atoms with Crippen molar-refractivity contribution in [1.29, 1.82) is 0 Å². The maximum atomic E-state index is 12.7. The number of primary amides is 1. The summed E-state index contributed by atoms with van der Waals surface area (Å²) in [5.74, 6) is 0.790. The molecule has 8 unspecified atom stereocenters. The average molecular weight is 822 g/mol. The first-order chi connectivity index (χ1) is 27.2. The highest BCUT2D eigenvalue weighted by Crippen LogP contribution is 2.25. The van der Waals surface area contributed by atoms with Crippen molar-refractivity contribution in [3.05, 3.63) is 35.9 Å². The Balaban J connectivity index is 0. The third-order valence-corrected chi connectivity index (χ3v) is 11.0. The van der Waals surface area contributed by atoms with Crippen LogP contribution in [0, 0.1) is 23.7 Å². The smallest absolute Gasteiger partial charge is 0.290 e. The van der Waals surface area contributed by atoms with Crippen LogP contribution in [0.25, 0.3) is 0 Å². The van der Waals surface area contributed by atoms with Gasteiger partial charge in [-0.1, -0.05) is 92.1 Å². The summed E-state index contributed by atoms with van der Waals surface area (Å²) in [6, 6.07) is 10.5. The van der Waals surface area contributed by atoms with Gasteiger partial charge in [-0.05, 0) is 83.2 Å². The van der Waals surface area contributed by atoms with E-state index in [-0.39, 0.29) is 72.4 Å². The molecule has 2 rings (SSSR count). The average Bonchev–Trinajstić information content (AvgIpc) is 3.17. The molecule has 8 atom stereocenters. The van der Waals surface area contributed by atoms with Crippen LogP contribution < -0.4 is 11.1 Å². The first kappa shape index (κ1) is 56.5. The fourth-order valence-electron chi connectivity index (χ4n) is 7.47. The number of amides is 4. The van der Waals surface area contributed by atoms with E-state index < -0.39 is 0 Å². The van der Waals surface area contributed by atoms with E-state index in [1.807, 2.05) is 69.8 Å². The molecule has 1 fully saturated rings. The van der Waals surface area contributed by atoms with Crippen molar-refractivity contribution in [2.45, 2.75) is 164 Å². The fourth-order valence-corrected chi connectivity index (χ4v) is 7.47. The minimum Gasteiger partial charge on any atom is -0.483 e. The largest absolute Gasteiger partial charge is 0.483 e. The van der Waals surface area contributed by atoms with Gasteiger partial charge >= 0.3 is 0 Å². The van der Waals surface area contributed by atoms with Crippen LogP contribution in [0.2, 0.25) is 0 Å². The van der Waals surface area contributed by atoms with E-state index in [4.69, 9.17) is 25.1 Å². The maximum Gasteiger partial charge on any atom is 0.290 e. The molecular weight excluding hydrogens is 739 g/mol. The molecule has 13 nitrogen and oxygen atoms in total. The second kappa shape index (κ2) is 31.4. The molecule has 1 aliphatic rings. The molecule has 1 saturated heterocycles. The summed E-state index contributed by atoms with van der Waals surface area (Å²) in [5.41, 5.74) is 6.50. The number of rotatable bonds is 20. The number of nitrogens with two attached hydrogens (primary N) is 1. The molecule has 1 aromatic carbocycles. The van der Waals surface area contributed by atoms with E-state index in [2.05, 4.69) is 65.9 Å². The monoisotopic (exact) mass is 822 g/mol. The summed E-state index contributed by atoms with van der Waals surface area (Å²) >= 11 is 0. The number of likely N-dealkylation sites (N-methyl/N-ethyl adjacent to an activating group) is 2. The number of nitrogens with zero attached hydrogens (tertiary/aromatic N) is 3. The molecular formula is C45H83N5O8. The molecule has 0 bridgehead atoms. The highest BCUT2D eigenvalue weighted by atomic mass is 16.5. The zero-order chi connectivity index (χ0) is 45.1. The molecule has 4 N–H and O–H groups in total. The minimum absolute atomic E-state index is 0.0216. The summed E-state index contributed by atoms with van der Waals surface area (Å²) < 4.78 is 11.2. The van der Waals surface area contributed by atoms with Crippen LogP contribution in [-0.4, -0.2) is 128 Å². The molecule has 0 saturated carbocycles. The fraction of sp³-hybridized carbons (Fsp3) is 0.756. The van der Waals surface area contributed by atoms with Crippen molar-refractivity contribution in [2.24, 2.45) is 29.4 Å². The van der Waals surface area contributed by atoms with Crippen molar-refractivity contribution in [3.8, 4) is 0 Å². The number of carbonyl (C=O) groups is 5. The summed E-state index contributed by atoms with van der Waals surface area (Å²) in [6.07, 6.45) is 7.09. The van der Waals surface area contributed by atoms with Gasteiger partial charge in [0.2, 0.25) is 24.1 Å². The van der Waals surface area contributed by atoms with Crippen molar-refractivity contribution in [2.75, 3.05) is 34.9 Å². The lowest BCUT2D eigenvalue weighted by Gasteiger charge is -2.39. The van der Waals surface area contributed by atoms with Crippen molar-refractivity contribution >= 4 is 30.6 Å². The Morgan fingerprint density at radius 3 is 1.90 bits per heavy atom. The number of ether oxygens (including phenoxy) is 2. The van der Waals surface area contributed by atoms with Gasteiger partial charge in [-0.3, -0.25) is 28.9 Å². The molecule has 0 aliphatic carbocycles. The van der Waals surface area contributed by atoms with Gasteiger partial charge in [0, 0.05) is 46.3 Å². The SMILES string of the molecule is CC(C)C(C(N)=O)N(C)C(C)C.CCC(C)C(C(CC)OC)N(C)C(=O)CC(C)C.COC(C(C)C(=O)NC(C)Cc1ccccc1)C1CCCCN1C=O.O=CO. The number of nitrogens with one attached hydrogen (secondary N) is 1. The van der Waals surface area contributed by atoms with E-state index >= 15 is 0 Å². The maximum absolute atomic E-state index is 12.7. The predicted molar refractivity (Wildman–Crippen MR) is 234 cm³/mol. The number of likely N-dealkylation sites (tertiary alicyclic amines) is 1. The molecule has 0 aromatic heterocycles. The quantitative estimate of drug-likeness (QED) is 0.128. The van der Waals surface area contributed by atoms with Crippen molar-refractivity contribution in [3.63, 3.8) is 0 Å². The van der Waals surface area contributed by atoms with Gasteiger partial charge < -0.3 is 35.4 Å². The highest BCUT2D eigenvalue weighted by molar-refractivity contribution is 5.80. The standard InChI is InChI=1S/C20H30N2O3.C15H31NO2.C9H20N2O.CH2O2/c1-15(13-17-9-5-4-6-10-17)21-20(24)16(2)19(25-3)18-11-7-8-12-22(18)14-23;1-8-12(5)15(13(9-2)18-7)16(6)14(17)10-11(3)4;1-6(2)8(9(10)12)11(5)7(3)4;2-1-3/h4-6,9-10,14-16,18-19H,7-8,11-13H2,1-3H3,(H,21,24);11-13,15H,8-10H2,1-7H3;6-8H,1-5H3,(H2,10,12);1H,(H,2,3). The Hall–Kier alpha value is -3.55. The van der Waals surface area contributed by atoms with Gasteiger partial charge in [-0.25, -0.2) is 0 Å². The first-order valence-corrected chi connectivity index (χ1v) is 21.2. The lowest BCUT2D eigenvalue weighted by atomic mass is 9.89. The molecule has 0 radical (unpaired) electrons. The Bertz CT molecular complexity index is 1260. The van der Waals surface area contributed by atoms with Crippen LogP contribution >= 0.6 is 0 Å². The number of carbonyl (C=O) groups excluding carboxylic acids is 4. The molecule has 1 heterocycles. The molecule has 4 amide bonds. The number of carboxylic acid groups (broad SMARTS) is 1. The van der Waals surface area contributed by atoms with E-state index in [0.29, 0.717) is 24.3 Å². The van der Waals surface area contributed by atoms with Crippen LogP contribution in [0.1, 0.15) is 120 Å². The van der Waals surface area contributed by atoms with Crippen LogP contribution in [0.4, 0.5) is 0 Å². The Kier molecular flexibility index (Phi) is 30.6. The molecule has 1 aliphatic heterocycles. The first-order valence-electron chi connectivity index (χ1n) is 21.2. The number of hydrogen-bond acceptors (Lipinski definition) is 8. The normalized spacial score (nSPS) is 17.4. The topological polar surface area (TPSA) is 172 Å². The summed E-state index contributed by atoms with van der Waals surface area (Å²) in [5, 5.41) is 9.98. The van der Waals surface area contributed by atoms with Gasteiger partial charge in [0.25, 0.3) is 6.47 Å². The van der Waals surface area contributed by atoms with E-state index in [1.54, 1.807) is 19.1 Å². The molecule has 58 heavy (non-hydrogen) atoms. The van der Waals surface area contributed by atoms with Gasteiger partial charge in [0.15, 0.2) is 0 Å². The van der Waals surface area contributed by atoms with Gasteiger partial charge in [0.1, 0.15) is 0 Å². The lowest BCUT2D eigenvalue weighted by molar-refractivity contribution is -0.137. The summed E-state index contributed by atoms with van der Waals surface area (Å²) in [6.45, 7) is 23.2. The molecule has 1 aromatic rings. The molecule has 0 spiro atoms. The number of hydrogen-bond donors (Lipinski definition) is 3. The lowest BCUT2D eigenvalue weighted by Crippen LogP contribution is -2.52. The zero-order valence-corrected chi connectivity index (χ0v) is 38.8. The second-order valence-electron chi connectivity index (χ2n) is 16.6. The van der Waals surface area contributed by atoms with E-state index in [0.717, 1.165) is 51.5 Å². The van der Waals surface area contributed by atoms with Gasteiger partial charge in [0.05, 0.1) is 36.3 Å². The summed E-state index contributed by atoms with van der Waals surface area (Å²) in [7, 11) is 7.22. The van der Waals surface area contributed by atoms with E-state index in [9.17, 15) is 19.2 Å². The zero-order valence-electron chi connectivity index (χ0n) is 38.8. The van der Waals surface area contributed by atoms with Crippen molar-refractivity contribution in [1.82, 2.24) is 20.0 Å². The van der Waals surface area contributed by atoms with Gasteiger partial charge in [-0.2, -0.15) is 0 Å². The Labute approximate surface area is 352 Å². The Morgan fingerprint density at radius 2 is 1.50 bits per heavy atom. The second-order valence-corrected chi connectivity index (χ2v) is 16.6. The highest BCUT2D eigenvalue weighted by Gasteiger charge is 2.36. The van der Waals surface area contributed by atoms with Crippen LogP contribution in [0.15, 0.2) is 30.3 Å². The Morgan fingerprint density at radius 1 is 0.931 bits per heavy atom. The van der Waals surface area contributed by atoms with Gasteiger partial charge in [-0.15, -0.1) is 0 Å². The van der Waals surface area contributed by atoms with E-state index in [1.165, 1.54) is 5.56 Å². The molecule has 13 heteroatoms. The van der Waals surface area contributed by atoms with Crippen LogP contribution in [0.5, 0.6) is 0 Å². The third kappa shape index (κ3) is 20.9. The summed E-state index contributed by atoms with van der Waals surface area (Å²) in [4.78, 5) is 61.4. The van der Waals surface area contributed by atoms with Crippen LogP contribution in [-0.2, 0) is 39.9 Å². The minimum atomic E-state index is -0.311. The van der Waals surface area contributed by atoms with Crippen LogP contribution in [0.3, 0.4) is 0 Å². The third-order valence-electron chi connectivity index (χ3n) is 11.0. The number of methoxy groups -OCH3 is 2. The van der Waals surface area contributed by atoms with Crippen molar-refractivity contribution < 1.29 is 38.6 Å².